The summed E-state index contributed by atoms with van der Waals surface area (Å²) in [7, 11) is 3.81. The summed E-state index contributed by atoms with van der Waals surface area (Å²) < 4.78 is 0. The molecule has 0 fully saturated rings. The molecule has 40 heavy (non-hydrogen) atoms. The number of carbonyl (C=O) groups excluding carboxylic acids is 2. The zero-order valence-electron chi connectivity index (χ0n) is 21.7. The van der Waals surface area contributed by atoms with Crippen LogP contribution in [0.3, 0.4) is 0 Å². The number of amides is 2. The van der Waals surface area contributed by atoms with Gasteiger partial charge in [-0.3, -0.25) is 14.5 Å². The first-order chi connectivity index (χ1) is 19.1. The van der Waals surface area contributed by atoms with Gasteiger partial charge < -0.3 is 15.1 Å². The Morgan fingerprint density at radius 2 is 1.30 bits per heavy atom. The largest absolute Gasteiger partial charge is 0.478 e. The Labute approximate surface area is 228 Å². The van der Waals surface area contributed by atoms with Gasteiger partial charge in [0.25, 0.3) is 11.8 Å². The van der Waals surface area contributed by atoms with Gasteiger partial charge in [-0.2, -0.15) is 5.01 Å². The van der Waals surface area contributed by atoms with Crippen LogP contribution >= 0.6 is 0 Å². The summed E-state index contributed by atoms with van der Waals surface area (Å²) in [6.07, 6.45) is 0. The summed E-state index contributed by atoms with van der Waals surface area (Å²) in [5.41, 5.74) is 2.63. The molecule has 0 spiro atoms. The lowest BCUT2D eigenvalue weighted by molar-refractivity contribution is -0.114. The maximum Gasteiger partial charge on any atom is 0.335 e. The van der Waals surface area contributed by atoms with Gasteiger partial charge in [-0.05, 0) is 85.3 Å². The number of amidine groups is 1. The van der Waals surface area contributed by atoms with Crippen molar-refractivity contribution in [3.63, 3.8) is 0 Å². The van der Waals surface area contributed by atoms with E-state index in [1.54, 1.807) is 19.1 Å². The van der Waals surface area contributed by atoms with Crippen molar-refractivity contribution in [3.8, 4) is 0 Å². The quantitative estimate of drug-likeness (QED) is 0.485. The summed E-state index contributed by atoms with van der Waals surface area (Å²) in [6, 6.07) is 18.5. The molecule has 2 amide bonds. The van der Waals surface area contributed by atoms with E-state index in [0.717, 1.165) is 10.7 Å². The van der Waals surface area contributed by atoms with E-state index < -0.39 is 23.8 Å². The molecule has 11 nitrogen and oxygen atoms in total. The Kier molecular flexibility index (Phi) is 6.48. The van der Waals surface area contributed by atoms with E-state index in [9.17, 15) is 29.4 Å². The molecule has 0 aromatic heterocycles. The van der Waals surface area contributed by atoms with Gasteiger partial charge in [-0.15, -0.1) is 5.10 Å². The molecule has 0 bridgehead atoms. The Balaban J connectivity index is 1.65. The van der Waals surface area contributed by atoms with Gasteiger partial charge in [0.1, 0.15) is 5.71 Å². The van der Waals surface area contributed by atoms with Gasteiger partial charge >= 0.3 is 11.9 Å². The average Bonchev–Trinajstić information content (AvgIpc) is 3.28. The van der Waals surface area contributed by atoms with E-state index in [0.29, 0.717) is 22.6 Å². The van der Waals surface area contributed by atoms with Crippen LogP contribution < -0.4 is 14.8 Å². The average molecular weight is 538 g/mol. The Bertz CT molecular complexity index is 1650. The molecule has 5 rings (SSSR count). The number of aromatic carboxylic acids is 2. The van der Waals surface area contributed by atoms with Crippen LogP contribution in [0.15, 0.2) is 94.0 Å². The van der Waals surface area contributed by atoms with Crippen LogP contribution in [0.2, 0.25) is 0 Å². The highest BCUT2D eigenvalue weighted by atomic mass is 16.4. The highest BCUT2D eigenvalue weighted by molar-refractivity contribution is 6.61. The first-order valence-electron chi connectivity index (χ1n) is 12.1. The Morgan fingerprint density at radius 1 is 0.775 bits per heavy atom. The van der Waals surface area contributed by atoms with E-state index in [2.05, 4.69) is 10.1 Å². The highest BCUT2D eigenvalue weighted by Crippen LogP contribution is 2.34. The van der Waals surface area contributed by atoms with Crippen LogP contribution in [0.25, 0.3) is 0 Å². The zero-order chi connectivity index (χ0) is 28.7. The van der Waals surface area contributed by atoms with Gasteiger partial charge in [-0.1, -0.05) is 0 Å². The molecule has 2 aliphatic rings. The normalized spacial score (nSPS) is 15.9. The molecule has 2 aliphatic heterocycles. The van der Waals surface area contributed by atoms with Crippen LogP contribution in [0.1, 0.15) is 27.6 Å². The van der Waals surface area contributed by atoms with Crippen molar-refractivity contribution in [3.05, 3.63) is 95.1 Å². The number of anilines is 3. The number of hydrazone groups is 1. The number of carbonyl (C=O) groups is 4. The van der Waals surface area contributed by atoms with Crippen molar-refractivity contribution in [2.75, 3.05) is 28.9 Å². The highest BCUT2D eigenvalue weighted by Gasteiger charge is 2.45. The molecule has 0 radical (unpaired) electrons. The number of fused-ring (bicyclic) bond motifs is 1. The minimum absolute atomic E-state index is 0.0274. The molecule has 2 N–H and O–H groups in total. The third-order valence-corrected chi connectivity index (χ3v) is 6.51. The maximum absolute atomic E-state index is 13.9. The molecule has 2 heterocycles. The van der Waals surface area contributed by atoms with Crippen molar-refractivity contribution >= 4 is 58.0 Å². The summed E-state index contributed by atoms with van der Waals surface area (Å²) in [4.78, 5) is 58.0. The van der Waals surface area contributed by atoms with Crippen LogP contribution in [-0.4, -0.2) is 59.6 Å². The smallest absolute Gasteiger partial charge is 0.335 e. The summed E-state index contributed by atoms with van der Waals surface area (Å²) in [5, 5.41) is 24.1. The predicted molar refractivity (Wildman–Crippen MR) is 150 cm³/mol. The lowest BCUT2D eigenvalue weighted by Gasteiger charge is -2.28. The molecule has 0 unspecified atom stereocenters. The fourth-order valence-corrected chi connectivity index (χ4v) is 4.36. The molecule has 3 aromatic carbocycles. The van der Waals surface area contributed by atoms with Crippen molar-refractivity contribution in [1.82, 2.24) is 0 Å². The van der Waals surface area contributed by atoms with Crippen LogP contribution in [0.5, 0.6) is 0 Å². The lowest BCUT2D eigenvalue weighted by atomic mass is 9.96. The number of aliphatic imine (C=N–C) groups is 1. The predicted octanol–water partition coefficient (Wildman–Crippen LogP) is 3.95. The Hall–Kier alpha value is -5.58. The van der Waals surface area contributed by atoms with Crippen LogP contribution in [-0.2, 0) is 9.59 Å². The number of nitrogens with zero attached hydrogens (tertiary/aromatic N) is 5. The van der Waals surface area contributed by atoms with Crippen molar-refractivity contribution < 1.29 is 29.4 Å². The van der Waals surface area contributed by atoms with Crippen molar-refractivity contribution in [2.24, 2.45) is 10.1 Å². The number of rotatable bonds is 6. The Morgan fingerprint density at radius 3 is 1.80 bits per heavy atom. The van der Waals surface area contributed by atoms with Crippen molar-refractivity contribution in [1.29, 1.82) is 0 Å². The third-order valence-electron chi connectivity index (χ3n) is 6.51. The molecule has 200 valence electrons. The van der Waals surface area contributed by atoms with Gasteiger partial charge in [0.05, 0.1) is 33.8 Å². The third kappa shape index (κ3) is 4.49. The van der Waals surface area contributed by atoms with E-state index >= 15 is 0 Å². The molecule has 3 aromatic rings. The lowest BCUT2D eigenvalue weighted by Crippen LogP contribution is -2.47. The van der Waals surface area contributed by atoms with E-state index in [1.807, 2.05) is 31.1 Å². The molecule has 0 aliphatic carbocycles. The van der Waals surface area contributed by atoms with E-state index in [1.165, 1.54) is 53.4 Å². The number of hydrogen-bond acceptors (Lipinski definition) is 7. The van der Waals surface area contributed by atoms with Gasteiger partial charge in [0, 0.05) is 19.8 Å². The molecule has 0 saturated heterocycles. The molecule has 0 saturated carbocycles. The zero-order valence-corrected chi connectivity index (χ0v) is 21.7. The van der Waals surface area contributed by atoms with Gasteiger partial charge in [0.2, 0.25) is 0 Å². The molecular formula is C29H23N5O6. The first kappa shape index (κ1) is 26.0. The first-order valence-corrected chi connectivity index (χ1v) is 12.1. The molecule has 11 heteroatoms. The number of carboxylic acid groups (broad SMARTS) is 2. The number of hydrogen-bond donors (Lipinski definition) is 2. The maximum atomic E-state index is 13.9. The SMILES string of the molecule is CC1=C2C(=O)N(c3ccc(C(=O)O)cc3)N=C2N(c2ccc(C(=O)O)cc2)C(=O)C1=Nc1ccc(N(C)C)cc1. The summed E-state index contributed by atoms with van der Waals surface area (Å²) in [5.74, 6) is -3.25. The second-order valence-electron chi connectivity index (χ2n) is 9.26. The van der Waals surface area contributed by atoms with E-state index in [4.69, 9.17) is 0 Å². The topological polar surface area (TPSA) is 143 Å². The minimum Gasteiger partial charge on any atom is -0.478 e. The fourth-order valence-electron chi connectivity index (χ4n) is 4.36. The second kappa shape index (κ2) is 9.95. The van der Waals surface area contributed by atoms with Gasteiger partial charge in [-0.25, -0.2) is 14.6 Å². The summed E-state index contributed by atoms with van der Waals surface area (Å²) in [6.45, 7) is 1.62. The molecule has 0 atom stereocenters. The summed E-state index contributed by atoms with van der Waals surface area (Å²) >= 11 is 0. The monoisotopic (exact) mass is 537 g/mol. The van der Waals surface area contributed by atoms with E-state index in [-0.39, 0.29) is 28.2 Å². The number of carboxylic acids is 2. The standard InChI is InChI=1S/C29H23N5O6/c1-16-23-25(31-34(26(23)35)22-12-6-18(7-13-22)29(39)40)33(21-10-4-17(5-11-21)28(37)38)27(36)24(16)30-19-8-14-20(15-9-19)32(2)3/h4-15H,1-3H3,(H,37,38)(H,39,40). The molecular weight excluding hydrogens is 514 g/mol. The number of benzene rings is 3. The van der Waals surface area contributed by atoms with Crippen LogP contribution in [0, 0.1) is 0 Å². The second-order valence-corrected chi connectivity index (χ2v) is 9.26. The van der Waals surface area contributed by atoms with Crippen molar-refractivity contribution in [2.45, 2.75) is 6.92 Å². The minimum atomic E-state index is -1.12. The van der Waals surface area contributed by atoms with Gasteiger partial charge in [0.15, 0.2) is 5.84 Å². The fraction of sp³-hybridized carbons (Fsp3) is 0.103. The van der Waals surface area contributed by atoms with Crippen LogP contribution in [0.4, 0.5) is 22.7 Å².